The minimum Gasteiger partial charge on any atom is -0.356 e. The second-order valence-electron chi connectivity index (χ2n) is 4.68. The summed E-state index contributed by atoms with van der Waals surface area (Å²) in [4.78, 5) is 0. The lowest BCUT2D eigenvalue weighted by molar-refractivity contribution is 0.0642. The van der Waals surface area contributed by atoms with Gasteiger partial charge in [0, 0.05) is 18.4 Å². The van der Waals surface area contributed by atoms with Gasteiger partial charge in [-0.15, -0.1) is 0 Å². The number of nitrogens with two attached hydrogens (primary N) is 1. The third-order valence-corrected chi connectivity index (χ3v) is 2.72. The van der Waals surface area contributed by atoms with Crippen molar-refractivity contribution in [3.05, 3.63) is 59.9 Å². The lowest BCUT2D eigenvalue weighted by atomic mass is 10.1. The van der Waals surface area contributed by atoms with Crippen LogP contribution in [0.2, 0.25) is 0 Å². The highest BCUT2D eigenvalue weighted by atomic mass is 16.5. The summed E-state index contributed by atoms with van der Waals surface area (Å²) in [6.45, 7) is 3.23. The third kappa shape index (κ3) is 4.02. The highest BCUT2D eigenvalue weighted by Gasteiger charge is 2.00. The molecular formula is C15H20N2O. The van der Waals surface area contributed by atoms with Gasteiger partial charge >= 0.3 is 0 Å². The molecule has 0 spiro atoms. The van der Waals surface area contributed by atoms with Gasteiger partial charge in [0.1, 0.15) is 6.73 Å². The van der Waals surface area contributed by atoms with E-state index in [4.69, 9.17) is 10.5 Å². The molecule has 1 aromatic carbocycles. The largest absolute Gasteiger partial charge is 0.356 e. The Kier molecular flexibility index (Phi) is 4.56. The summed E-state index contributed by atoms with van der Waals surface area (Å²) < 4.78 is 7.70. The van der Waals surface area contributed by atoms with E-state index in [1.165, 1.54) is 11.1 Å². The van der Waals surface area contributed by atoms with E-state index in [9.17, 15) is 0 Å². The van der Waals surface area contributed by atoms with E-state index < -0.39 is 0 Å². The first-order valence-electron chi connectivity index (χ1n) is 6.26. The highest BCUT2D eigenvalue weighted by molar-refractivity contribution is 5.13. The van der Waals surface area contributed by atoms with Crippen molar-refractivity contribution >= 4 is 0 Å². The maximum atomic E-state index is 5.77. The zero-order valence-electron chi connectivity index (χ0n) is 10.8. The number of hydrogen-bond donors (Lipinski definition) is 1. The van der Waals surface area contributed by atoms with E-state index in [0.717, 1.165) is 6.42 Å². The Balaban J connectivity index is 1.78. The quantitative estimate of drug-likeness (QED) is 0.848. The minimum atomic E-state index is 0.200. The van der Waals surface area contributed by atoms with Crippen molar-refractivity contribution in [1.29, 1.82) is 0 Å². The van der Waals surface area contributed by atoms with Gasteiger partial charge in [-0.3, -0.25) is 0 Å². The summed E-state index contributed by atoms with van der Waals surface area (Å²) >= 11 is 0. The molecular weight excluding hydrogens is 224 g/mol. The zero-order chi connectivity index (χ0) is 12.8. The average Bonchev–Trinajstić information content (AvgIpc) is 2.77. The molecule has 0 aliphatic heterocycles. The summed E-state index contributed by atoms with van der Waals surface area (Å²) in [7, 11) is 0. The number of nitrogens with zero attached hydrogens (tertiary/aromatic N) is 1. The molecule has 0 bridgehead atoms. The Morgan fingerprint density at radius 3 is 2.67 bits per heavy atom. The molecule has 0 aliphatic carbocycles. The van der Waals surface area contributed by atoms with Crippen molar-refractivity contribution in [3.8, 4) is 0 Å². The van der Waals surface area contributed by atoms with Crippen molar-refractivity contribution in [2.45, 2.75) is 32.7 Å². The first-order chi connectivity index (χ1) is 8.74. The van der Waals surface area contributed by atoms with Crippen molar-refractivity contribution in [2.75, 3.05) is 0 Å². The van der Waals surface area contributed by atoms with Gasteiger partial charge in [0.25, 0.3) is 0 Å². The fraction of sp³-hybridized carbons (Fsp3) is 0.333. The lowest BCUT2D eigenvalue weighted by Crippen LogP contribution is -2.17. The number of benzene rings is 1. The van der Waals surface area contributed by atoms with E-state index in [0.29, 0.717) is 13.3 Å². The Morgan fingerprint density at radius 1 is 1.17 bits per heavy atom. The van der Waals surface area contributed by atoms with Crippen molar-refractivity contribution in [2.24, 2.45) is 5.73 Å². The van der Waals surface area contributed by atoms with E-state index in [1.54, 1.807) is 0 Å². The number of aromatic nitrogens is 1. The first-order valence-corrected chi connectivity index (χ1v) is 6.26. The van der Waals surface area contributed by atoms with Crippen LogP contribution in [0.15, 0.2) is 48.8 Å². The molecule has 2 aromatic rings. The Bertz CT molecular complexity index is 462. The van der Waals surface area contributed by atoms with Crippen LogP contribution in [0.1, 0.15) is 18.1 Å². The number of rotatable bonds is 6. The predicted octanol–water partition coefficient (Wildman–Crippen LogP) is 2.55. The molecule has 1 atom stereocenters. The van der Waals surface area contributed by atoms with Gasteiger partial charge in [-0.05, 0) is 30.5 Å². The molecule has 18 heavy (non-hydrogen) atoms. The zero-order valence-corrected chi connectivity index (χ0v) is 10.8. The van der Waals surface area contributed by atoms with Crippen LogP contribution in [-0.4, -0.2) is 10.6 Å². The molecule has 0 aliphatic rings. The molecule has 1 aromatic heterocycles. The van der Waals surface area contributed by atoms with Crippen LogP contribution in [0.4, 0.5) is 0 Å². The molecule has 2 N–H and O–H groups in total. The fourth-order valence-electron chi connectivity index (χ4n) is 1.91. The third-order valence-electron chi connectivity index (χ3n) is 2.72. The second kappa shape index (κ2) is 6.38. The van der Waals surface area contributed by atoms with E-state index in [2.05, 4.69) is 24.4 Å². The highest BCUT2D eigenvalue weighted by Crippen LogP contribution is 2.06. The Hall–Kier alpha value is -1.58. The number of hydrogen-bond acceptors (Lipinski definition) is 2. The van der Waals surface area contributed by atoms with Gasteiger partial charge < -0.3 is 15.0 Å². The van der Waals surface area contributed by atoms with Gasteiger partial charge in [-0.25, -0.2) is 0 Å². The summed E-state index contributed by atoms with van der Waals surface area (Å²) in [6.07, 6.45) is 5.03. The second-order valence-corrected chi connectivity index (χ2v) is 4.68. The van der Waals surface area contributed by atoms with Crippen LogP contribution in [0.25, 0.3) is 0 Å². The van der Waals surface area contributed by atoms with Crippen LogP contribution in [0.5, 0.6) is 0 Å². The summed E-state index contributed by atoms with van der Waals surface area (Å²) in [5, 5.41) is 0. The lowest BCUT2D eigenvalue weighted by Gasteiger charge is -2.05. The molecule has 0 fully saturated rings. The van der Waals surface area contributed by atoms with E-state index >= 15 is 0 Å². The Morgan fingerprint density at radius 2 is 1.94 bits per heavy atom. The van der Waals surface area contributed by atoms with Gasteiger partial charge in [0.2, 0.25) is 0 Å². The van der Waals surface area contributed by atoms with Crippen molar-refractivity contribution in [1.82, 2.24) is 4.57 Å². The first kappa shape index (κ1) is 12.9. The van der Waals surface area contributed by atoms with Crippen molar-refractivity contribution in [3.63, 3.8) is 0 Å². The van der Waals surface area contributed by atoms with Gasteiger partial charge in [0.15, 0.2) is 0 Å². The molecule has 0 saturated heterocycles. The molecule has 0 radical (unpaired) electrons. The summed E-state index contributed by atoms with van der Waals surface area (Å²) in [6, 6.07) is 12.5. The maximum Gasteiger partial charge on any atom is 0.122 e. The van der Waals surface area contributed by atoms with Crippen LogP contribution >= 0.6 is 0 Å². The standard InChI is InChI=1S/C15H20N2O/c1-13(16)9-15-7-8-17(10-15)12-18-11-14-5-3-2-4-6-14/h2-8,10,13H,9,11-12,16H2,1H3. The van der Waals surface area contributed by atoms with Crippen LogP contribution < -0.4 is 5.73 Å². The average molecular weight is 244 g/mol. The maximum absolute atomic E-state index is 5.77. The monoisotopic (exact) mass is 244 g/mol. The summed E-state index contributed by atoms with van der Waals surface area (Å²) in [5.41, 5.74) is 8.22. The predicted molar refractivity (Wildman–Crippen MR) is 73.0 cm³/mol. The van der Waals surface area contributed by atoms with Gasteiger partial charge in [-0.2, -0.15) is 0 Å². The van der Waals surface area contributed by atoms with E-state index in [1.807, 2.05) is 35.9 Å². The van der Waals surface area contributed by atoms with Gasteiger partial charge in [-0.1, -0.05) is 30.3 Å². The smallest absolute Gasteiger partial charge is 0.122 e. The van der Waals surface area contributed by atoms with Crippen LogP contribution in [0, 0.1) is 0 Å². The molecule has 3 nitrogen and oxygen atoms in total. The molecule has 0 saturated carbocycles. The minimum absolute atomic E-state index is 0.200. The molecule has 0 amide bonds. The number of ether oxygens (including phenoxy) is 1. The molecule has 96 valence electrons. The van der Waals surface area contributed by atoms with E-state index in [-0.39, 0.29) is 6.04 Å². The molecule has 1 unspecified atom stereocenters. The molecule has 3 heteroatoms. The normalized spacial score (nSPS) is 12.6. The topological polar surface area (TPSA) is 40.2 Å². The van der Waals surface area contributed by atoms with Crippen LogP contribution in [-0.2, 0) is 24.5 Å². The SMILES string of the molecule is CC(N)Cc1ccn(COCc2ccccc2)c1. The Labute approximate surface area is 108 Å². The van der Waals surface area contributed by atoms with Crippen LogP contribution in [0.3, 0.4) is 0 Å². The fourth-order valence-corrected chi connectivity index (χ4v) is 1.91. The molecule has 1 heterocycles. The van der Waals surface area contributed by atoms with Gasteiger partial charge in [0.05, 0.1) is 6.61 Å². The summed E-state index contributed by atoms with van der Waals surface area (Å²) in [5.74, 6) is 0. The molecule has 2 rings (SSSR count). The van der Waals surface area contributed by atoms with Crippen molar-refractivity contribution < 1.29 is 4.74 Å².